The number of carbonyl (C=O) groups is 2. The Bertz CT molecular complexity index is 1400. The van der Waals surface area contributed by atoms with E-state index in [1.807, 2.05) is 36.4 Å². The van der Waals surface area contributed by atoms with Crippen LogP contribution in [0.2, 0.25) is 0 Å². The molecule has 9 nitrogen and oxygen atoms in total. The third-order valence-electron chi connectivity index (χ3n) is 6.05. The molecule has 3 amide bonds. The monoisotopic (exact) mass is 471 g/mol. The lowest BCUT2D eigenvalue weighted by atomic mass is 10.1. The highest BCUT2D eigenvalue weighted by atomic mass is 32.1. The van der Waals surface area contributed by atoms with Gasteiger partial charge < -0.3 is 16.0 Å². The molecule has 0 saturated carbocycles. The summed E-state index contributed by atoms with van der Waals surface area (Å²) < 4.78 is 0. The Labute approximate surface area is 199 Å². The molecule has 6 rings (SSSR count). The van der Waals surface area contributed by atoms with Gasteiger partial charge in [-0.3, -0.25) is 9.69 Å². The molecule has 0 unspecified atom stereocenters. The lowest BCUT2D eigenvalue weighted by molar-refractivity contribution is 0.0935. The van der Waals surface area contributed by atoms with E-state index in [-0.39, 0.29) is 18.0 Å². The van der Waals surface area contributed by atoms with E-state index in [1.165, 1.54) is 11.3 Å². The van der Waals surface area contributed by atoms with Crippen LogP contribution in [0.1, 0.15) is 22.5 Å². The Morgan fingerprint density at radius 1 is 1.21 bits per heavy atom. The van der Waals surface area contributed by atoms with E-state index in [2.05, 4.69) is 31.1 Å². The molecule has 10 heteroatoms. The van der Waals surface area contributed by atoms with Crippen LogP contribution in [0, 0.1) is 0 Å². The normalized spacial score (nSPS) is 17.5. The van der Waals surface area contributed by atoms with Gasteiger partial charge in [-0.15, -0.1) is 11.3 Å². The zero-order valence-electron chi connectivity index (χ0n) is 18.1. The highest BCUT2D eigenvalue weighted by Gasteiger charge is 2.33. The summed E-state index contributed by atoms with van der Waals surface area (Å²) in [6, 6.07) is 13.0. The van der Waals surface area contributed by atoms with Crippen molar-refractivity contribution in [3.8, 4) is 11.3 Å². The second-order valence-corrected chi connectivity index (χ2v) is 9.26. The number of aromatic nitrogens is 3. The largest absolute Gasteiger partial charge is 0.347 e. The number of thiophene rings is 1. The van der Waals surface area contributed by atoms with Crippen LogP contribution in [0.25, 0.3) is 21.5 Å². The van der Waals surface area contributed by atoms with Crippen LogP contribution in [-0.4, -0.2) is 46.3 Å². The molecule has 0 spiro atoms. The molecule has 2 aliphatic rings. The van der Waals surface area contributed by atoms with Crippen LogP contribution in [-0.2, 0) is 0 Å². The molecule has 170 valence electrons. The maximum absolute atomic E-state index is 13.3. The first kappa shape index (κ1) is 20.7. The molecule has 34 heavy (non-hydrogen) atoms. The fraction of sp³-hybridized carbons (Fsp3) is 0.208. The summed E-state index contributed by atoms with van der Waals surface area (Å²) in [5, 5.41) is 18.4. The van der Waals surface area contributed by atoms with Gasteiger partial charge in [-0.2, -0.15) is 10.2 Å². The van der Waals surface area contributed by atoms with Gasteiger partial charge in [0.2, 0.25) is 0 Å². The number of amides is 3. The van der Waals surface area contributed by atoms with Crippen molar-refractivity contribution in [3.05, 3.63) is 59.7 Å². The van der Waals surface area contributed by atoms with Gasteiger partial charge in [0.15, 0.2) is 0 Å². The molecule has 1 aromatic carbocycles. The van der Waals surface area contributed by atoms with Crippen molar-refractivity contribution in [3.63, 3.8) is 0 Å². The van der Waals surface area contributed by atoms with E-state index in [0.717, 1.165) is 36.9 Å². The Morgan fingerprint density at radius 3 is 2.91 bits per heavy atom. The van der Waals surface area contributed by atoms with Crippen LogP contribution in [0.5, 0.6) is 0 Å². The molecular weight excluding hydrogens is 450 g/mol. The van der Waals surface area contributed by atoms with E-state index in [1.54, 1.807) is 23.4 Å². The van der Waals surface area contributed by atoms with Gasteiger partial charge in [0, 0.05) is 24.3 Å². The highest BCUT2D eigenvalue weighted by Crippen LogP contribution is 2.45. The highest BCUT2D eigenvalue weighted by molar-refractivity contribution is 7.21. The van der Waals surface area contributed by atoms with Crippen molar-refractivity contribution < 1.29 is 9.59 Å². The van der Waals surface area contributed by atoms with Gasteiger partial charge >= 0.3 is 6.03 Å². The molecule has 0 radical (unpaired) electrons. The van der Waals surface area contributed by atoms with Gasteiger partial charge in [-0.05, 0) is 31.5 Å². The Kier molecular flexibility index (Phi) is 5.16. The van der Waals surface area contributed by atoms with Gasteiger partial charge in [0.1, 0.15) is 9.71 Å². The van der Waals surface area contributed by atoms with Crippen molar-refractivity contribution in [1.29, 1.82) is 0 Å². The number of piperidine rings is 1. The zero-order chi connectivity index (χ0) is 23.1. The van der Waals surface area contributed by atoms with Crippen molar-refractivity contribution in [2.45, 2.75) is 18.9 Å². The average molecular weight is 472 g/mol. The molecule has 2 aliphatic heterocycles. The van der Waals surface area contributed by atoms with Crippen molar-refractivity contribution in [2.75, 3.05) is 23.3 Å². The van der Waals surface area contributed by atoms with E-state index >= 15 is 0 Å². The van der Waals surface area contributed by atoms with Crippen molar-refractivity contribution in [2.24, 2.45) is 0 Å². The molecular formula is C24H21N7O2S. The minimum Gasteiger partial charge on any atom is -0.347 e. The van der Waals surface area contributed by atoms with Gasteiger partial charge in [-0.1, -0.05) is 30.3 Å². The smallest absolute Gasteiger partial charge is 0.331 e. The summed E-state index contributed by atoms with van der Waals surface area (Å²) in [7, 11) is 0. The molecule has 5 heterocycles. The predicted molar refractivity (Wildman–Crippen MR) is 132 cm³/mol. The number of hydrogen-bond acceptors (Lipinski definition) is 7. The van der Waals surface area contributed by atoms with Crippen LogP contribution < -0.4 is 20.9 Å². The minimum atomic E-state index is -0.362. The third-order valence-corrected chi connectivity index (χ3v) is 7.15. The van der Waals surface area contributed by atoms with Gasteiger partial charge in [-0.25, -0.2) is 9.78 Å². The fourth-order valence-electron chi connectivity index (χ4n) is 4.46. The minimum absolute atomic E-state index is 0.0705. The number of rotatable bonds is 4. The number of nitrogens with one attached hydrogen (secondary N) is 3. The fourth-order valence-corrected chi connectivity index (χ4v) is 5.48. The maximum Gasteiger partial charge on any atom is 0.331 e. The number of anilines is 3. The first-order valence-electron chi connectivity index (χ1n) is 11.1. The summed E-state index contributed by atoms with van der Waals surface area (Å²) >= 11 is 1.29. The van der Waals surface area contributed by atoms with Crippen molar-refractivity contribution >= 4 is 50.6 Å². The first-order chi connectivity index (χ1) is 16.7. The SMILES string of the molecule is O=C(N[C@@H]1CCCNC1)c1sc2nccc3c2c1NC(=O)N3c1cnnc(-c2ccccc2)c1. The number of nitrogens with zero attached hydrogens (tertiary/aromatic N) is 4. The van der Waals surface area contributed by atoms with E-state index in [4.69, 9.17) is 0 Å². The standard InChI is InChI=1S/C24H21N7O2S/c32-22(28-15-7-4-9-25-12-15)21-20-19-18(8-10-26-23(19)34-21)31(24(33)29-20)16-11-17(30-27-13-16)14-5-2-1-3-6-14/h1-3,5-6,8,10-11,13,15,25H,4,7,9,12H2,(H,28,32)(H,29,33)/t15-/m1/s1. The topological polar surface area (TPSA) is 112 Å². The predicted octanol–water partition coefficient (Wildman–Crippen LogP) is 3.92. The van der Waals surface area contributed by atoms with Crippen LogP contribution in [0.3, 0.4) is 0 Å². The molecule has 4 aromatic rings. The van der Waals surface area contributed by atoms with Gasteiger partial charge in [0.05, 0.1) is 34.3 Å². The summed E-state index contributed by atoms with van der Waals surface area (Å²) in [6.45, 7) is 1.71. The summed E-state index contributed by atoms with van der Waals surface area (Å²) in [5.74, 6) is -0.191. The summed E-state index contributed by atoms with van der Waals surface area (Å²) in [6.07, 6.45) is 5.16. The second kappa shape index (κ2) is 8.47. The number of benzene rings is 1. The molecule has 3 aromatic heterocycles. The lowest BCUT2D eigenvalue weighted by Gasteiger charge is -2.28. The van der Waals surface area contributed by atoms with Crippen LogP contribution in [0.4, 0.5) is 21.9 Å². The quantitative estimate of drug-likeness (QED) is 0.416. The summed E-state index contributed by atoms with van der Waals surface area (Å²) in [4.78, 5) is 33.6. The molecule has 3 N–H and O–H groups in total. The first-order valence-corrected chi connectivity index (χ1v) is 11.9. The van der Waals surface area contributed by atoms with E-state index in [0.29, 0.717) is 32.5 Å². The maximum atomic E-state index is 13.3. The Hall–Kier alpha value is -3.89. The number of pyridine rings is 1. The Balaban J connectivity index is 1.40. The molecule has 1 atom stereocenters. The van der Waals surface area contributed by atoms with Crippen LogP contribution in [0.15, 0.2) is 54.9 Å². The third kappa shape index (κ3) is 3.57. The molecule has 1 fully saturated rings. The van der Waals surface area contributed by atoms with Crippen molar-refractivity contribution in [1.82, 2.24) is 25.8 Å². The number of urea groups is 1. The van der Waals surface area contributed by atoms with Gasteiger partial charge in [0.25, 0.3) is 5.91 Å². The molecule has 0 bridgehead atoms. The molecule has 1 saturated heterocycles. The second-order valence-electron chi connectivity index (χ2n) is 8.26. The Morgan fingerprint density at radius 2 is 2.09 bits per heavy atom. The zero-order valence-corrected chi connectivity index (χ0v) is 18.9. The molecule has 0 aliphatic carbocycles. The summed E-state index contributed by atoms with van der Waals surface area (Å²) in [5.41, 5.74) is 3.31. The van der Waals surface area contributed by atoms with E-state index < -0.39 is 0 Å². The number of hydrogen-bond donors (Lipinski definition) is 3. The van der Waals surface area contributed by atoms with E-state index in [9.17, 15) is 9.59 Å². The average Bonchev–Trinajstić information content (AvgIpc) is 3.25. The van der Waals surface area contributed by atoms with Crippen LogP contribution >= 0.6 is 11.3 Å². The lowest BCUT2D eigenvalue weighted by Crippen LogP contribution is -2.45. The number of carbonyl (C=O) groups excluding carboxylic acids is 2.